The molecule has 26 heteroatoms. The van der Waals surface area contributed by atoms with E-state index in [4.69, 9.17) is 38.4 Å². The van der Waals surface area contributed by atoms with Crippen molar-refractivity contribution in [2.45, 2.75) is 48.3 Å². The van der Waals surface area contributed by atoms with Gasteiger partial charge in [-0.2, -0.15) is 9.03 Å². The first-order valence-electron chi connectivity index (χ1n) is 34.3. The van der Waals surface area contributed by atoms with Crippen LogP contribution in [-0.4, -0.2) is 146 Å². The van der Waals surface area contributed by atoms with Gasteiger partial charge in [-0.1, -0.05) is 243 Å². The summed E-state index contributed by atoms with van der Waals surface area (Å²) in [6.07, 6.45) is 0. The van der Waals surface area contributed by atoms with E-state index in [1.54, 1.807) is 0 Å². The third kappa shape index (κ3) is 12.9. The molecule has 98 heavy (non-hydrogen) atoms. The quantitative estimate of drug-likeness (QED) is 0.0675. The summed E-state index contributed by atoms with van der Waals surface area (Å²) < 4.78 is 47.5. The highest BCUT2D eigenvalue weighted by Crippen LogP contribution is 2.80. The molecule has 0 radical (unpaired) electrons. The van der Waals surface area contributed by atoms with Gasteiger partial charge in [0.2, 0.25) is 0 Å². The summed E-state index contributed by atoms with van der Waals surface area (Å²) in [5.41, 5.74) is 9.23. The minimum absolute atomic E-state index is 0.211. The van der Waals surface area contributed by atoms with Gasteiger partial charge in [-0.15, -0.1) is 28.9 Å². The Morgan fingerprint density at radius 3 is 0.643 bits per heavy atom. The largest absolute Gasteiger partial charge is 0.355 e. The van der Waals surface area contributed by atoms with E-state index >= 15 is 0 Å². The maximum Gasteiger partial charge on any atom is 0.355 e. The number of hydrogen-bond donors (Lipinski definition) is 8. The van der Waals surface area contributed by atoms with Crippen molar-refractivity contribution < 1.29 is 0 Å². The lowest BCUT2D eigenvalue weighted by Crippen LogP contribution is -2.42. The van der Waals surface area contributed by atoms with Crippen LogP contribution in [0.3, 0.4) is 0 Å². The van der Waals surface area contributed by atoms with Crippen LogP contribution in [0.4, 0.5) is 0 Å². The molecule has 8 aromatic carbocycles. The molecule has 15 rings (SSSR count). The molecular formula is C72H96N20P6+2. The Bertz CT molecular complexity index is 3850. The van der Waals surface area contributed by atoms with Crippen LogP contribution in [0, 0.1) is 0 Å². The zero-order valence-electron chi connectivity index (χ0n) is 57.4. The lowest BCUT2D eigenvalue weighted by Gasteiger charge is -2.44. The van der Waals surface area contributed by atoms with Crippen molar-refractivity contribution in [3.63, 3.8) is 0 Å². The standard InChI is InChI=1S/C72H96N20P6/c1-85-49-50-86(2)95(85)77-69(61-41-25-13-26-42-61)70(62-43-27-14-28-44-62)78-97(89(5)53-54-90(97)6)83-94(75-67(59-37-21-11-22-38-59)68(76-94)60-39-23-12-24-40-60)84-98(91(7)55-56-92(98)8)80-72(64-47-31-16-32-48-64)71(63-45-29-15-30-46-63)79-96(87(3)51-52-88(96)4)82-93(81-95)73-65(57-33-17-9-18-34-57)66(74-93)58-35-19-10-20-36-58/h9-48,65-80H,49-56H2,1-8H3/q+2. The summed E-state index contributed by atoms with van der Waals surface area (Å²) in [5, 5.41) is 36.7. The Kier molecular flexibility index (Phi) is 20.0. The van der Waals surface area contributed by atoms with Crippen molar-refractivity contribution in [3.8, 4) is 0 Å². The smallest absolute Gasteiger partial charge is 0.250 e. The minimum Gasteiger partial charge on any atom is -0.250 e. The number of hydrogen-bond acceptors (Lipinski definition) is 20. The molecule has 512 valence electrons. The first-order chi connectivity index (χ1) is 47.6. The molecule has 7 aliphatic rings. The van der Waals surface area contributed by atoms with Gasteiger partial charge in [0.25, 0.3) is 15.0 Å². The molecule has 0 aromatic heterocycles. The molecule has 0 bridgehead atoms. The van der Waals surface area contributed by atoms with Crippen molar-refractivity contribution in [3.05, 3.63) is 287 Å². The second-order valence-corrected chi connectivity index (χ2v) is 44.4. The molecule has 0 amide bonds. The van der Waals surface area contributed by atoms with Crippen LogP contribution in [0.25, 0.3) is 0 Å². The van der Waals surface area contributed by atoms with Crippen LogP contribution < -0.4 is 40.7 Å². The maximum absolute atomic E-state index is 6.80. The summed E-state index contributed by atoms with van der Waals surface area (Å²) >= 11 is 0. The van der Waals surface area contributed by atoms with E-state index in [0.29, 0.717) is 0 Å². The highest BCUT2D eigenvalue weighted by Gasteiger charge is 2.64. The van der Waals surface area contributed by atoms with E-state index in [1.807, 2.05) is 0 Å². The summed E-state index contributed by atoms with van der Waals surface area (Å²) in [6, 6.07) is 86.1. The monoisotopic (exact) mass is 1430 g/mol. The van der Waals surface area contributed by atoms with Gasteiger partial charge in [-0.05, 0) is 81.7 Å². The van der Waals surface area contributed by atoms with Gasteiger partial charge in [0.1, 0.15) is 0 Å². The average molecular weight is 1430 g/mol. The van der Waals surface area contributed by atoms with Gasteiger partial charge in [0, 0.05) is 54.4 Å². The van der Waals surface area contributed by atoms with E-state index in [1.165, 1.54) is 22.3 Å². The Morgan fingerprint density at radius 2 is 0.439 bits per heavy atom. The van der Waals surface area contributed by atoms with Gasteiger partial charge in [0.15, 0.2) is 15.0 Å². The van der Waals surface area contributed by atoms with Crippen molar-refractivity contribution in [1.82, 2.24) is 78.1 Å². The summed E-state index contributed by atoms with van der Waals surface area (Å²) in [5.74, 6) is 0. The molecule has 6 spiro atoms. The fraction of sp³-hybridized carbons (Fsp3) is 0.333. The summed E-state index contributed by atoms with van der Waals surface area (Å²) in [6.45, 7) is 6.31. The Labute approximate surface area is 582 Å². The molecule has 6 fully saturated rings. The van der Waals surface area contributed by atoms with Crippen LogP contribution in [0.1, 0.15) is 92.8 Å². The fourth-order valence-corrected chi connectivity index (χ4v) is 41.1. The predicted octanol–water partition coefficient (Wildman–Crippen LogP) is 15.3. The van der Waals surface area contributed by atoms with E-state index in [0.717, 1.165) is 74.6 Å². The molecule has 8 N–H and O–H groups in total. The number of nitrogens with zero attached hydrogens (tertiary/aromatic N) is 12. The second-order valence-electron chi connectivity index (χ2n) is 27.0. The van der Waals surface area contributed by atoms with E-state index in [9.17, 15) is 0 Å². The first-order valence-corrected chi connectivity index (χ1v) is 44.3. The van der Waals surface area contributed by atoms with Gasteiger partial charge >= 0.3 is 15.7 Å². The van der Waals surface area contributed by atoms with E-state index < -0.39 is 69.9 Å². The van der Waals surface area contributed by atoms with Gasteiger partial charge < -0.3 is 0 Å². The minimum atomic E-state index is -3.42. The Balaban J connectivity index is 1.08. The highest BCUT2D eigenvalue weighted by molar-refractivity contribution is 7.80. The van der Waals surface area contributed by atoms with Crippen LogP contribution in [0.5, 0.6) is 0 Å². The fourth-order valence-electron chi connectivity index (χ4n) is 15.3. The van der Waals surface area contributed by atoms with Crippen molar-refractivity contribution in [2.75, 3.05) is 109 Å². The predicted molar refractivity (Wildman–Crippen MR) is 411 cm³/mol. The number of likely N-dealkylation sites (N-methyl/N-ethyl adjacent to an activating group) is 8. The molecule has 20 nitrogen and oxygen atoms in total. The van der Waals surface area contributed by atoms with E-state index in [2.05, 4.69) is 357 Å². The second kappa shape index (κ2) is 28.6. The van der Waals surface area contributed by atoms with Gasteiger partial charge in [-0.25, -0.2) is 49.2 Å². The van der Waals surface area contributed by atoms with Crippen molar-refractivity contribution in [2.24, 2.45) is 18.1 Å². The van der Waals surface area contributed by atoms with E-state index in [-0.39, 0.29) is 24.2 Å². The third-order valence-corrected chi connectivity index (χ3v) is 43.3. The third-order valence-electron chi connectivity index (χ3n) is 20.9. The van der Waals surface area contributed by atoms with Crippen molar-refractivity contribution >= 4 is 45.8 Å². The molecule has 7 heterocycles. The van der Waals surface area contributed by atoms with Crippen LogP contribution in [0.15, 0.2) is 261 Å². The van der Waals surface area contributed by atoms with Gasteiger partial charge in [0.05, 0.1) is 74.5 Å². The molecule has 8 unspecified atom stereocenters. The Hall–Kier alpha value is -5.10. The Morgan fingerprint density at radius 1 is 0.255 bits per heavy atom. The molecule has 8 atom stereocenters. The first kappa shape index (κ1) is 68.7. The molecule has 6 saturated heterocycles. The number of benzene rings is 8. The normalized spacial score (nSPS) is 30.6. The average Bonchev–Trinajstić information content (AvgIpc) is 1.46. The molecule has 7 aliphatic heterocycles. The number of nitrogens with one attached hydrogen (secondary N) is 8. The zero-order chi connectivity index (χ0) is 67.3. The molecule has 0 saturated carbocycles. The molecule has 8 aromatic rings. The van der Waals surface area contributed by atoms with Crippen LogP contribution >= 0.6 is 45.8 Å². The topological polar surface area (TPSA) is 172 Å². The maximum atomic E-state index is 6.80. The lowest BCUT2D eigenvalue weighted by molar-refractivity contribution is 0.457. The molecular weight excluding hydrogens is 1330 g/mol. The van der Waals surface area contributed by atoms with Gasteiger partial charge in [-0.3, -0.25) is 0 Å². The summed E-state index contributed by atoms with van der Waals surface area (Å²) in [7, 11) is -1.03. The van der Waals surface area contributed by atoms with Crippen LogP contribution in [0.2, 0.25) is 0 Å². The highest BCUT2D eigenvalue weighted by atomic mass is 31.3. The zero-order valence-corrected chi connectivity index (χ0v) is 62.8. The van der Waals surface area contributed by atoms with Crippen molar-refractivity contribution in [1.29, 1.82) is 0 Å². The molecule has 0 aliphatic carbocycles. The number of rotatable bonds is 8. The lowest BCUT2D eigenvalue weighted by atomic mass is 9.95. The van der Waals surface area contributed by atoms with Crippen LogP contribution in [-0.2, 0) is 0 Å². The summed E-state index contributed by atoms with van der Waals surface area (Å²) in [4.78, 5) is 0. The SMILES string of the molecule is CN1CCN(C)P12=NP1(=N[P+]3(NC(c4ccccc4)C(c4ccccc4)N[P+]4(N=P5(N=P6(NC(c7ccccc7)C(c7ccccc7)N2)N(C)CCN6C)NC(c2ccccc2)C(c2ccccc2)N5)N(C)CCN4C)N(C)CCN3C)NC(c2ccccc2)C(c2ccccc2)N1.